The SMILES string of the molecule is Cc1ccc(F)c(C(=O)c2cn(CCN)cn2)c1F. The highest BCUT2D eigenvalue weighted by Gasteiger charge is 2.22. The maximum atomic E-state index is 13.8. The van der Waals surface area contributed by atoms with Gasteiger partial charge in [-0.25, -0.2) is 13.8 Å². The molecule has 0 fully saturated rings. The second kappa shape index (κ2) is 5.27. The Morgan fingerprint density at radius 3 is 2.84 bits per heavy atom. The molecule has 1 aromatic heterocycles. The fourth-order valence-electron chi connectivity index (χ4n) is 1.74. The lowest BCUT2D eigenvalue weighted by atomic mass is 10.0. The molecule has 6 heteroatoms. The first-order valence-corrected chi connectivity index (χ1v) is 5.75. The number of hydrogen-bond donors (Lipinski definition) is 1. The molecule has 0 amide bonds. The Bertz CT molecular complexity index is 622. The summed E-state index contributed by atoms with van der Waals surface area (Å²) in [6.45, 7) is 2.34. The number of hydrogen-bond acceptors (Lipinski definition) is 3. The summed E-state index contributed by atoms with van der Waals surface area (Å²) in [5, 5.41) is 0. The van der Waals surface area contributed by atoms with E-state index in [-0.39, 0.29) is 11.3 Å². The van der Waals surface area contributed by atoms with Gasteiger partial charge >= 0.3 is 0 Å². The van der Waals surface area contributed by atoms with Gasteiger partial charge in [0.1, 0.15) is 17.3 Å². The van der Waals surface area contributed by atoms with Gasteiger partial charge in [0.05, 0.1) is 11.9 Å². The Kier molecular flexibility index (Phi) is 3.71. The normalized spacial score (nSPS) is 10.7. The summed E-state index contributed by atoms with van der Waals surface area (Å²) in [7, 11) is 0. The average molecular weight is 265 g/mol. The smallest absolute Gasteiger partial charge is 0.218 e. The molecule has 0 saturated carbocycles. The third-order valence-corrected chi connectivity index (χ3v) is 2.76. The predicted octanol–water partition coefficient (Wildman–Crippen LogP) is 1.66. The predicted molar refractivity (Wildman–Crippen MR) is 65.8 cm³/mol. The van der Waals surface area contributed by atoms with E-state index in [0.717, 1.165) is 6.07 Å². The zero-order chi connectivity index (χ0) is 14.0. The average Bonchev–Trinajstić information content (AvgIpc) is 2.83. The van der Waals surface area contributed by atoms with Crippen molar-refractivity contribution in [3.8, 4) is 0 Å². The number of imidazole rings is 1. The lowest BCUT2D eigenvalue weighted by Crippen LogP contribution is -2.10. The van der Waals surface area contributed by atoms with Crippen LogP contribution in [0.4, 0.5) is 8.78 Å². The van der Waals surface area contributed by atoms with Crippen LogP contribution >= 0.6 is 0 Å². The van der Waals surface area contributed by atoms with Crippen LogP contribution in [0, 0.1) is 18.6 Å². The summed E-state index contributed by atoms with van der Waals surface area (Å²) in [4.78, 5) is 15.9. The van der Waals surface area contributed by atoms with E-state index in [0.29, 0.717) is 13.1 Å². The molecule has 19 heavy (non-hydrogen) atoms. The fraction of sp³-hybridized carbons (Fsp3) is 0.231. The van der Waals surface area contributed by atoms with Gasteiger partial charge in [-0.15, -0.1) is 0 Å². The zero-order valence-electron chi connectivity index (χ0n) is 10.4. The largest absolute Gasteiger partial charge is 0.335 e. The highest BCUT2D eigenvalue weighted by Crippen LogP contribution is 2.19. The van der Waals surface area contributed by atoms with Crippen molar-refractivity contribution in [3.63, 3.8) is 0 Å². The van der Waals surface area contributed by atoms with E-state index >= 15 is 0 Å². The molecule has 0 saturated heterocycles. The third kappa shape index (κ3) is 2.53. The van der Waals surface area contributed by atoms with Gasteiger partial charge < -0.3 is 10.3 Å². The van der Waals surface area contributed by atoms with Crippen LogP contribution in [0.1, 0.15) is 21.6 Å². The lowest BCUT2D eigenvalue weighted by molar-refractivity contribution is 0.102. The first kappa shape index (κ1) is 13.4. The Balaban J connectivity index is 2.41. The number of nitrogens with two attached hydrogens (primary N) is 1. The molecule has 2 aromatic rings. The number of nitrogens with zero attached hydrogens (tertiary/aromatic N) is 2. The van der Waals surface area contributed by atoms with Crippen LogP contribution in [0.5, 0.6) is 0 Å². The maximum Gasteiger partial charge on any atom is 0.218 e. The summed E-state index contributed by atoms with van der Waals surface area (Å²) < 4.78 is 29.0. The molecule has 100 valence electrons. The van der Waals surface area contributed by atoms with Crippen molar-refractivity contribution in [2.45, 2.75) is 13.5 Å². The Labute approximate surface area is 108 Å². The van der Waals surface area contributed by atoms with Crippen LogP contribution in [-0.4, -0.2) is 21.9 Å². The van der Waals surface area contributed by atoms with Crippen LogP contribution < -0.4 is 5.73 Å². The molecule has 1 aromatic carbocycles. The van der Waals surface area contributed by atoms with Crippen molar-refractivity contribution in [3.05, 3.63) is 53.1 Å². The highest BCUT2D eigenvalue weighted by molar-refractivity contribution is 6.08. The van der Waals surface area contributed by atoms with Gasteiger partial charge in [-0.2, -0.15) is 0 Å². The summed E-state index contributed by atoms with van der Waals surface area (Å²) in [5.41, 5.74) is 5.01. The van der Waals surface area contributed by atoms with Crippen LogP contribution in [0.3, 0.4) is 0 Å². The number of ketones is 1. The van der Waals surface area contributed by atoms with Crippen molar-refractivity contribution in [1.82, 2.24) is 9.55 Å². The number of rotatable bonds is 4. The van der Waals surface area contributed by atoms with Crippen LogP contribution in [0.2, 0.25) is 0 Å². The molecule has 0 aliphatic carbocycles. The fourth-order valence-corrected chi connectivity index (χ4v) is 1.74. The standard InChI is InChI=1S/C13H13F2N3O/c1-8-2-3-9(14)11(12(8)15)13(19)10-6-18(5-4-16)7-17-10/h2-3,6-7H,4-5,16H2,1H3. The molecule has 2 rings (SSSR count). The minimum atomic E-state index is -0.888. The summed E-state index contributed by atoms with van der Waals surface area (Å²) in [6, 6.07) is 2.36. The monoisotopic (exact) mass is 265 g/mol. The van der Waals surface area contributed by atoms with Gasteiger partial charge in [-0.1, -0.05) is 6.07 Å². The van der Waals surface area contributed by atoms with Gasteiger partial charge in [0.25, 0.3) is 0 Å². The second-order valence-electron chi connectivity index (χ2n) is 4.17. The Morgan fingerprint density at radius 2 is 2.16 bits per heavy atom. The van der Waals surface area contributed by atoms with E-state index in [1.54, 1.807) is 4.57 Å². The van der Waals surface area contributed by atoms with Crippen molar-refractivity contribution in [2.24, 2.45) is 5.73 Å². The second-order valence-corrected chi connectivity index (χ2v) is 4.17. The van der Waals surface area contributed by atoms with Gasteiger partial charge in [0.15, 0.2) is 0 Å². The summed E-state index contributed by atoms with van der Waals surface area (Å²) >= 11 is 0. The molecule has 0 spiro atoms. The Morgan fingerprint density at radius 1 is 1.42 bits per heavy atom. The van der Waals surface area contributed by atoms with Crippen LogP contribution in [0.15, 0.2) is 24.7 Å². The number of carbonyl (C=O) groups excluding carboxylic acids is 1. The van der Waals surface area contributed by atoms with Crippen molar-refractivity contribution in [2.75, 3.05) is 6.54 Å². The molecule has 0 bridgehead atoms. The highest BCUT2D eigenvalue weighted by atomic mass is 19.1. The molecule has 0 radical (unpaired) electrons. The van der Waals surface area contributed by atoms with Crippen LogP contribution in [0.25, 0.3) is 0 Å². The molecule has 0 aliphatic heterocycles. The molecule has 1 heterocycles. The van der Waals surface area contributed by atoms with E-state index in [1.165, 1.54) is 25.5 Å². The molecule has 2 N–H and O–H groups in total. The molecular formula is C13H13F2N3O. The van der Waals surface area contributed by atoms with E-state index in [2.05, 4.69) is 4.98 Å². The zero-order valence-corrected chi connectivity index (χ0v) is 10.4. The number of benzene rings is 1. The Hall–Kier alpha value is -2.08. The van der Waals surface area contributed by atoms with Gasteiger partial charge in [-0.05, 0) is 18.6 Å². The van der Waals surface area contributed by atoms with E-state index in [1.807, 2.05) is 0 Å². The van der Waals surface area contributed by atoms with E-state index < -0.39 is 23.0 Å². The number of aryl methyl sites for hydroxylation is 1. The molecule has 4 nitrogen and oxygen atoms in total. The van der Waals surface area contributed by atoms with Gasteiger partial charge in [0.2, 0.25) is 5.78 Å². The van der Waals surface area contributed by atoms with Crippen molar-refractivity contribution in [1.29, 1.82) is 0 Å². The molecule has 0 unspecified atom stereocenters. The quantitative estimate of drug-likeness (QED) is 0.855. The number of carbonyl (C=O) groups is 1. The molecule has 0 aliphatic rings. The first-order valence-electron chi connectivity index (χ1n) is 5.75. The number of aromatic nitrogens is 2. The van der Waals surface area contributed by atoms with Gasteiger partial charge in [0, 0.05) is 19.3 Å². The topological polar surface area (TPSA) is 60.9 Å². The first-order chi connectivity index (χ1) is 9.04. The molecule has 0 atom stereocenters. The molecular weight excluding hydrogens is 252 g/mol. The lowest BCUT2D eigenvalue weighted by Gasteiger charge is -2.04. The van der Waals surface area contributed by atoms with Gasteiger partial charge in [-0.3, -0.25) is 4.79 Å². The van der Waals surface area contributed by atoms with Crippen molar-refractivity contribution >= 4 is 5.78 Å². The van der Waals surface area contributed by atoms with E-state index in [9.17, 15) is 13.6 Å². The van der Waals surface area contributed by atoms with Crippen molar-refractivity contribution < 1.29 is 13.6 Å². The minimum absolute atomic E-state index is 0.00292. The minimum Gasteiger partial charge on any atom is -0.335 e. The summed E-state index contributed by atoms with van der Waals surface area (Å²) in [5.74, 6) is -2.51. The maximum absolute atomic E-state index is 13.8. The van der Waals surface area contributed by atoms with E-state index in [4.69, 9.17) is 5.73 Å². The number of halogens is 2. The third-order valence-electron chi connectivity index (χ3n) is 2.76. The van der Waals surface area contributed by atoms with Crippen LogP contribution in [-0.2, 0) is 6.54 Å². The summed E-state index contributed by atoms with van der Waals surface area (Å²) in [6.07, 6.45) is 2.84.